The number of hydrogen-bond acceptors (Lipinski definition) is 3. The molecular weight excluding hydrogens is 194 g/mol. The van der Waals surface area contributed by atoms with Gasteiger partial charge in [-0.15, -0.1) is 0 Å². The molecular formula is C10H21N3O2. The Bertz CT molecular complexity index is 217. The third-order valence-electron chi connectivity index (χ3n) is 1.85. The molecule has 5 nitrogen and oxygen atoms in total. The molecule has 0 aliphatic heterocycles. The number of nitrogens with one attached hydrogen (secondary N) is 2. The first-order valence-electron chi connectivity index (χ1n) is 5.23. The van der Waals surface area contributed by atoms with Crippen LogP contribution in [0.25, 0.3) is 0 Å². The van der Waals surface area contributed by atoms with Crippen LogP contribution in [0.1, 0.15) is 20.8 Å². The van der Waals surface area contributed by atoms with Crippen molar-refractivity contribution in [3.63, 3.8) is 0 Å². The van der Waals surface area contributed by atoms with E-state index in [1.807, 2.05) is 20.8 Å². The van der Waals surface area contributed by atoms with Gasteiger partial charge in [-0.1, -0.05) is 0 Å². The number of hydrogen-bond donors (Lipinski definition) is 2. The quantitative estimate of drug-likeness (QED) is 0.632. The van der Waals surface area contributed by atoms with Gasteiger partial charge in [-0.2, -0.15) is 0 Å². The Hall–Kier alpha value is -1.10. The first kappa shape index (κ1) is 13.9. The van der Waals surface area contributed by atoms with Gasteiger partial charge in [0.2, 0.25) is 11.8 Å². The lowest BCUT2D eigenvalue weighted by molar-refractivity contribution is -0.135. The molecule has 0 aromatic heterocycles. The Morgan fingerprint density at radius 1 is 1.33 bits per heavy atom. The summed E-state index contributed by atoms with van der Waals surface area (Å²) in [6.45, 7) is 6.59. The Kier molecular flexibility index (Phi) is 6.70. The largest absolute Gasteiger partial charge is 0.352 e. The fourth-order valence-corrected chi connectivity index (χ4v) is 1.18. The minimum Gasteiger partial charge on any atom is -0.352 e. The van der Waals surface area contributed by atoms with Crippen LogP contribution in [-0.4, -0.2) is 49.4 Å². The molecule has 0 saturated carbocycles. The van der Waals surface area contributed by atoms with Gasteiger partial charge in [-0.3, -0.25) is 9.59 Å². The summed E-state index contributed by atoms with van der Waals surface area (Å²) in [5, 5.41) is 5.52. The SMILES string of the molecule is CCN(CC(=O)NC(C)C)C(=O)CNC. The van der Waals surface area contributed by atoms with E-state index in [9.17, 15) is 9.59 Å². The summed E-state index contributed by atoms with van der Waals surface area (Å²) in [7, 11) is 1.71. The maximum atomic E-state index is 11.5. The minimum absolute atomic E-state index is 0.0566. The van der Waals surface area contributed by atoms with Gasteiger partial charge in [0.25, 0.3) is 0 Å². The number of rotatable bonds is 6. The highest BCUT2D eigenvalue weighted by Crippen LogP contribution is 1.89. The van der Waals surface area contributed by atoms with Gasteiger partial charge in [0, 0.05) is 12.6 Å². The molecule has 0 radical (unpaired) electrons. The molecule has 0 saturated heterocycles. The van der Waals surface area contributed by atoms with Crippen LogP contribution in [0.2, 0.25) is 0 Å². The lowest BCUT2D eigenvalue weighted by Gasteiger charge is -2.20. The van der Waals surface area contributed by atoms with E-state index in [4.69, 9.17) is 0 Å². The first-order chi connectivity index (χ1) is 7.01. The lowest BCUT2D eigenvalue weighted by atomic mass is 10.3. The van der Waals surface area contributed by atoms with Gasteiger partial charge >= 0.3 is 0 Å². The normalized spacial score (nSPS) is 10.2. The van der Waals surface area contributed by atoms with E-state index in [1.165, 1.54) is 4.90 Å². The second-order valence-electron chi connectivity index (χ2n) is 3.66. The van der Waals surface area contributed by atoms with Crippen molar-refractivity contribution in [3.05, 3.63) is 0 Å². The van der Waals surface area contributed by atoms with Crippen LogP contribution in [0.4, 0.5) is 0 Å². The second kappa shape index (κ2) is 7.23. The monoisotopic (exact) mass is 215 g/mol. The standard InChI is InChI=1S/C10H21N3O2/c1-5-13(10(15)6-11-4)7-9(14)12-8(2)3/h8,11H,5-7H2,1-4H3,(H,12,14). The zero-order valence-corrected chi connectivity index (χ0v) is 9.96. The molecule has 2 amide bonds. The number of amides is 2. The molecule has 0 aliphatic rings. The van der Waals surface area contributed by atoms with Crippen molar-refractivity contribution in [1.29, 1.82) is 0 Å². The average Bonchev–Trinajstić information content (AvgIpc) is 2.13. The van der Waals surface area contributed by atoms with Crippen LogP contribution in [-0.2, 0) is 9.59 Å². The molecule has 15 heavy (non-hydrogen) atoms. The molecule has 0 aromatic rings. The Morgan fingerprint density at radius 2 is 1.93 bits per heavy atom. The molecule has 2 N–H and O–H groups in total. The number of carbonyl (C=O) groups excluding carboxylic acids is 2. The van der Waals surface area contributed by atoms with Gasteiger partial charge in [-0.25, -0.2) is 0 Å². The number of nitrogens with zero attached hydrogens (tertiary/aromatic N) is 1. The molecule has 0 unspecified atom stereocenters. The van der Waals surface area contributed by atoms with E-state index >= 15 is 0 Å². The Balaban J connectivity index is 4.08. The molecule has 0 heterocycles. The van der Waals surface area contributed by atoms with Crippen LogP contribution in [0.5, 0.6) is 0 Å². The first-order valence-corrected chi connectivity index (χ1v) is 5.23. The number of likely N-dealkylation sites (N-methyl/N-ethyl adjacent to an activating group) is 2. The van der Waals surface area contributed by atoms with Crippen molar-refractivity contribution in [1.82, 2.24) is 15.5 Å². The summed E-state index contributed by atoms with van der Waals surface area (Å²) < 4.78 is 0. The summed E-state index contributed by atoms with van der Waals surface area (Å²) in [6.07, 6.45) is 0. The molecule has 88 valence electrons. The van der Waals surface area contributed by atoms with Gasteiger partial charge in [0.05, 0.1) is 13.1 Å². The molecule has 0 aliphatic carbocycles. The van der Waals surface area contributed by atoms with Gasteiger partial charge in [-0.05, 0) is 27.8 Å². The average molecular weight is 215 g/mol. The van der Waals surface area contributed by atoms with Crippen molar-refractivity contribution >= 4 is 11.8 Å². The van der Waals surface area contributed by atoms with E-state index in [-0.39, 0.29) is 30.9 Å². The van der Waals surface area contributed by atoms with Crippen molar-refractivity contribution < 1.29 is 9.59 Å². The van der Waals surface area contributed by atoms with E-state index in [0.29, 0.717) is 6.54 Å². The zero-order valence-electron chi connectivity index (χ0n) is 9.96. The van der Waals surface area contributed by atoms with Crippen molar-refractivity contribution in [2.45, 2.75) is 26.8 Å². The van der Waals surface area contributed by atoms with Crippen LogP contribution >= 0.6 is 0 Å². The van der Waals surface area contributed by atoms with Gasteiger partial charge < -0.3 is 15.5 Å². The summed E-state index contributed by atoms with van der Waals surface area (Å²) in [5.74, 6) is -0.171. The predicted molar refractivity (Wildman–Crippen MR) is 59.5 cm³/mol. The van der Waals surface area contributed by atoms with E-state index < -0.39 is 0 Å². The second-order valence-corrected chi connectivity index (χ2v) is 3.66. The van der Waals surface area contributed by atoms with Crippen LogP contribution in [0, 0.1) is 0 Å². The highest BCUT2D eigenvalue weighted by Gasteiger charge is 2.14. The van der Waals surface area contributed by atoms with Crippen LogP contribution in [0.15, 0.2) is 0 Å². The molecule has 0 fully saturated rings. The van der Waals surface area contributed by atoms with Crippen molar-refractivity contribution in [2.75, 3.05) is 26.7 Å². The van der Waals surface area contributed by atoms with E-state index in [2.05, 4.69) is 10.6 Å². The highest BCUT2D eigenvalue weighted by molar-refractivity contribution is 5.85. The molecule has 5 heteroatoms. The maximum Gasteiger partial charge on any atom is 0.239 e. The van der Waals surface area contributed by atoms with Gasteiger partial charge in [0.1, 0.15) is 0 Å². The van der Waals surface area contributed by atoms with Crippen LogP contribution in [0.3, 0.4) is 0 Å². The van der Waals surface area contributed by atoms with Gasteiger partial charge in [0.15, 0.2) is 0 Å². The summed E-state index contributed by atoms with van der Waals surface area (Å²) in [6, 6.07) is 0.107. The smallest absolute Gasteiger partial charge is 0.239 e. The molecule has 0 bridgehead atoms. The van der Waals surface area contributed by atoms with E-state index in [0.717, 1.165) is 0 Å². The van der Waals surface area contributed by atoms with Crippen molar-refractivity contribution in [3.8, 4) is 0 Å². The minimum atomic E-state index is -0.115. The zero-order chi connectivity index (χ0) is 11.8. The molecule has 0 rings (SSSR count). The predicted octanol–water partition coefficient (Wildman–Crippen LogP) is -0.421. The third-order valence-corrected chi connectivity index (χ3v) is 1.85. The summed E-state index contributed by atoms with van der Waals surface area (Å²) in [5.41, 5.74) is 0. The third kappa shape index (κ3) is 6.06. The summed E-state index contributed by atoms with van der Waals surface area (Å²) in [4.78, 5) is 24.4. The number of carbonyl (C=O) groups is 2. The Morgan fingerprint density at radius 3 is 2.33 bits per heavy atom. The van der Waals surface area contributed by atoms with Crippen molar-refractivity contribution in [2.24, 2.45) is 0 Å². The topological polar surface area (TPSA) is 61.4 Å². The maximum absolute atomic E-state index is 11.5. The molecule has 0 spiro atoms. The lowest BCUT2D eigenvalue weighted by Crippen LogP contribution is -2.45. The Labute approximate surface area is 91.2 Å². The molecule has 0 atom stereocenters. The molecule has 0 aromatic carbocycles. The fraction of sp³-hybridized carbons (Fsp3) is 0.800. The van der Waals surface area contributed by atoms with Crippen LogP contribution < -0.4 is 10.6 Å². The van der Waals surface area contributed by atoms with E-state index in [1.54, 1.807) is 7.05 Å². The highest BCUT2D eigenvalue weighted by atomic mass is 16.2. The fourth-order valence-electron chi connectivity index (χ4n) is 1.18. The summed E-state index contributed by atoms with van der Waals surface area (Å²) >= 11 is 0.